The van der Waals surface area contributed by atoms with Crippen molar-refractivity contribution in [2.45, 2.75) is 19.4 Å². The van der Waals surface area contributed by atoms with Crippen LogP contribution in [0.4, 0.5) is 13.2 Å². The quantitative estimate of drug-likeness (QED) is 0.561. The van der Waals surface area contributed by atoms with Crippen LogP contribution in [0.15, 0.2) is 54.6 Å². The minimum atomic E-state index is -4.62. The second-order valence-electron chi connectivity index (χ2n) is 5.94. The van der Waals surface area contributed by atoms with Crippen LogP contribution in [0.2, 0.25) is 0 Å². The largest absolute Gasteiger partial charge is 0.496 e. The highest BCUT2D eigenvalue weighted by atomic mass is 19.4. The Bertz CT molecular complexity index is 921. The second-order valence-corrected chi connectivity index (χ2v) is 5.94. The monoisotopic (exact) mass is 376 g/mol. The molecule has 27 heavy (non-hydrogen) atoms. The molecule has 0 aliphatic heterocycles. The standard InChI is InChI=1S/C21H19F3O3/c1-25-19-15-10-6-7-11-16(15)20(26-2)18(21(22,23)24)17(19)13-27-12-14-8-4-3-5-9-14/h3-11H,12-13H2,1-2H3. The molecule has 6 heteroatoms. The Morgan fingerprint density at radius 2 is 1.30 bits per heavy atom. The molecule has 142 valence electrons. The maximum Gasteiger partial charge on any atom is 0.420 e. The van der Waals surface area contributed by atoms with Crippen LogP contribution in [0.5, 0.6) is 11.5 Å². The van der Waals surface area contributed by atoms with E-state index in [1.807, 2.05) is 30.3 Å². The van der Waals surface area contributed by atoms with Gasteiger partial charge in [0, 0.05) is 16.3 Å². The Morgan fingerprint density at radius 1 is 0.741 bits per heavy atom. The molecule has 0 aromatic heterocycles. The van der Waals surface area contributed by atoms with Crippen LogP contribution in [-0.2, 0) is 24.1 Å². The molecule has 0 saturated carbocycles. The lowest BCUT2D eigenvalue weighted by atomic mass is 9.97. The Labute approximate surface area is 155 Å². The van der Waals surface area contributed by atoms with Gasteiger partial charge in [0.05, 0.1) is 27.4 Å². The molecule has 3 nitrogen and oxygen atoms in total. The van der Waals surface area contributed by atoms with E-state index in [4.69, 9.17) is 14.2 Å². The molecule has 3 rings (SSSR count). The lowest BCUT2D eigenvalue weighted by Gasteiger charge is -2.22. The van der Waals surface area contributed by atoms with E-state index in [0.717, 1.165) is 5.56 Å². The van der Waals surface area contributed by atoms with Crippen molar-refractivity contribution in [1.29, 1.82) is 0 Å². The summed E-state index contributed by atoms with van der Waals surface area (Å²) in [6.07, 6.45) is -4.62. The van der Waals surface area contributed by atoms with Crippen LogP contribution < -0.4 is 9.47 Å². The zero-order chi connectivity index (χ0) is 19.4. The van der Waals surface area contributed by atoms with Gasteiger partial charge in [-0.05, 0) is 5.56 Å². The Morgan fingerprint density at radius 3 is 1.85 bits per heavy atom. The summed E-state index contributed by atoms with van der Waals surface area (Å²) in [7, 11) is 2.59. The fourth-order valence-corrected chi connectivity index (χ4v) is 3.15. The molecule has 0 heterocycles. The van der Waals surface area contributed by atoms with Crippen molar-refractivity contribution in [3.05, 3.63) is 71.3 Å². The number of benzene rings is 3. The van der Waals surface area contributed by atoms with Gasteiger partial charge in [-0.15, -0.1) is 0 Å². The van der Waals surface area contributed by atoms with E-state index in [1.54, 1.807) is 24.3 Å². The molecule has 0 aliphatic rings. The molecule has 0 saturated heterocycles. The normalized spacial score (nSPS) is 11.6. The SMILES string of the molecule is COc1c(COCc2ccccc2)c(C(F)(F)F)c(OC)c2ccccc12. The summed E-state index contributed by atoms with van der Waals surface area (Å²) in [6.45, 7) is -0.0649. The van der Waals surface area contributed by atoms with Crippen LogP contribution in [-0.4, -0.2) is 14.2 Å². The lowest BCUT2D eigenvalue weighted by molar-refractivity contribution is -0.140. The van der Waals surface area contributed by atoms with Gasteiger partial charge in [-0.1, -0.05) is 54.6 Å². The van der Waals surface area contributed by atoms with Gasteiger partial charge in [-0.25, -0.2) is 0 Å². The smallest absolute Gasteiger partial charge is 0.420 e. The molecule has 0 radical (unpaired) electrons. The summed E-state index contributed by atoms with van der Waals surface area (Å²) in [6, 6.07) is 16.0. The van der Waals surface area contributed by atoms with E-state index in [2.05, 4.69) is 0 Å². The van der Waals surface area contributed by atoms with E-state index in [-0.39, 0.29) is 30.3 Å². The predicted molar refractivity (Wildman–Crippen MR) is 97.0 cm³/mol. The molecule has 3 aromatic rings. The van der Waals surface area contributed by atoms with Gasteiger partial charge < -0.3 is 14.2 Å². The van der Waals surface area contributed by atoms with Crippen molar-refractivity contribution >= 4 is 10.8 Å². The van der Waals surface area contributed by atoms with Gasteiger partial charge in [0.2, 0.25) is 0 Å². The number of ether oxygens (including phenoxy) is 3. The molecule has 0 aliphatic carbocycles. The highest BCUT2D eigenvalue weighted by Gasteiger charge is 2.40. The van der Waals surface area contributed by atoms with Crippen LogP contribution in [0.25, 0.3) is 10.8 Å². The zero-order valence-electron chi connectivity index (χ0n) is 15.0. The van der Waals surface area contributed by atoms with E-state index in [9.17, 15) is 13.2 Å². The Kier molecular flexibility index (Phi) is 5.56. The summed E-state index contributed by atoms with van der Waals surface area (Å²) in [5, 5.41) is 0.888. The van der Waals surface area contributed by atoms with Gasteiger partial charge in [0.15, 0.2) is 0 Å². The van der Waals surface area contributed by atoms with Crippen molar-refractivity contribution in [1.82, 2.24) is 0 Å². The summed E-state index contributed by atoms with van der Waals surface area (Å²) >= 11 is 0. The third-order valence-corrected chi connectivity index (χ3v) is 4.27. The number of halogens is 3. The minimum absolute atomic E-state index is 0.0727. The van der Waals surface area contributed by atoms with Gasteiger partial charge >= 0.3 is 6.18 Å². The number of rotatable bonds is 6. The average Bonchev–Trinajstić information content (AvgIpc) is 2.66. The molecule has 0 amide bonds. The van der Waals surface area contributed by atoms with Crippen molar-refractivity contribution in [3.63, 3.8) is 0 Å². The maximum atomic E-state index is 13.9. The molecular formula is C21H19F3O3. The molecule has 0 unspecified atom stereocenters. The fourth-order valence-electron chi connectivity index (χ4n) is 3.15. The van der Waals surface area contributed by atoms with E-state index in [0.29, 0.717) is 10.8 Å². The summed E-state index contributed by atoms with van der Waals surface area (Å²) in [5.74, 6) is -0.0796. The van der Waals surface area contributed by atoms with Gasteiger partial charge in [-0.3, -0.25) is 0 Å². The molecule has 0 fully saturated rings. The minimum Gasteiger partial charge on any atom is -0.496 e. The van der Waals surface area contributed by atoms with Crippen LogP contribution in [0.1, 0.15) is 16.7 Å². The summed E-state index contributed by atoms with van der Waals surface area (Å²) in [4.78, 5) is 0. The average molecular weight is 376 g/mol. The van der Waals surface area contributed by atoms with Crippen molar-refractivity contribution < 1.29 is 27.4 Å². The third kappa shape index (κ3) is 3.85. The van der Waals surface area contributed by atoms with Crippen LogP contribution in [0, 0.1) is 0 Å². The first kappa shape index (κ1) is 19.0. The van der Waals surface area contributed by atoms with Crippen molar-refractivity contribution in [2.75, 3.05) is 14.2 Å². The van der Waals surface area contributed by atoms with E-state index >= 15 is 0 Å². The van der Waals surface area contributed by atoms with E-state index in [1.165, 1.54) is 14.2 Å². The molecule has 3 aromatic carbocycles. The van der Waals surface area contributed by atoms with Gasteiger partial charge in [0.25, 0.3) is 0 Å². The number of alkyl halides is 3. The first-order valence-corrected chi connectivity index (χ1v) is 8.31. The van der Waals surface area contributed by atoms with Crippen molar-refractivity contribution in [3.8, 4) is 11.5 Å². The van der Waals surface area contributed by atoms with E-state index < -0.39 is 11.7 Å². The number of hydrogen-bond acceptors (Lipinski definition) is 3. The predicted octanol–water partition coefficient (Wildman–Crippen LogP) is 5.59. The lowest BCUT2D eigenvalue weighted by Crippen LogP contribution is -2.14. The second kappa shape index (κ2) is 7.88. The number of fused-ring (bicyclic) bond motifs is 1. The third-order valence-electron chi connectivity index (χ3n) is 4.27. The van der Waals surface area contributed by atoms with Crippen LogP contribution in [0.3, 0.4) is 0 Å². The highest BCUT2D eigenvalue weighted by molar-refractivity contribution is 5.96. The Balaban J connectivity index is 2.10. The molecule has 0 bridgehead atoms. The topological polar surface area (TPSA) is 27.7 Å². The van der Waals surface area contributed by atoms with Crippen LogP contribution >= 0.6 is 0 Å². The number of hydrogen-bond donors (Lipinski definition) is 0. The first-order valence-electron chi connectivity index (χ1n) is 8.31. The fraction of sp³-hybridized carbons (Fsp3) is 0.238. The molecule has 0 atom stereocenters. The van der Waals surface area contributed by atoms with Gasteiger partial charge in [-0.2, -0.15) is 13.2 Å². The maximum absolute atomic E-state index is 13.9. The summed E-state index contributed by atoms with van der Waals surface area (Å²) in [5.41, 5.74) is -0.0668. The Hall–Kier alpha value is -2.73. The van der Waals surface area contributed by atoms with Crippen molar-refractivity contribution in [2.24, 2.45) is 0 Å². The first-order chi connectivity index (χ1) is 13.0. The molecule has 0 spiro atoms. The zero-order valence-corrected chi connectivity index (χ0v) is 15.0. The number of methoxy groups -OCH3 is 2. The van der Waals surface area contributed by atoms with Gasteiger partial charge in [0.1, 0.15) is 17.1 Å². The highest BCUT2D eigenvalue weighted by Crippen LogP contribution is 2.48. The molecule has 0 N–H and O–H groups in total. The summed E-state index contributed by atoms with van der Waals surface area (Å²) < 4.78 is 57.8. The molecular weight excluding hydrogens is 357 g/mol.